The number of rotatable bonds is 4. The van der Waals surface area contributed by atoms with Gasteiger partial charge in [-0.15, -0.1) is 0 Å². The molecule has 2 nitrogen and oxygen atoms in total. The van der Waals surface area contributed by atoms with Crippen LogP contribution in [0.1, 0.15) is 47.5 Å². The van der Waals surface area contributed by atoms with E-state index in [9.17, 15) is 4.79 Å². The standard InChI is InChI=1S/C15H27NO/c1-6-16(7-2)10-11-12-8-9-15(5,13(11)17)14(12,3)4/h11-12H,6-10H2,1-5H3/t11-,12+,15+/m1/s1. The van der Waals surface area contributed by atoms with Gasteiger partial charge in [0.05, 0.1) is 0 Å². The number of hydrogen-bond donors (Lipinski definition) is 0. The summed E-state index contributed by atoms with van der Waals surface area (Å²) in [7, 11) is 0. The summed E-state index contributed by atoms with van der Waals surface area (Å²) in [6.45, 7) is 14.3. The first-order valence-electron chi connectivity index (χ1n) is 7.15. The van der Waals surface area contributed by atoms with E-state index in [1.807, 2.05) is 0 Å². The summed E-state index contributed by atoms with van der Waals surface area (Å²) in [4.78, 5) is 15.1. The highest BCUT2D eigenvalue weighted by atomic mass is 16.1. The molecule has 2 fully saturated rings. The Hall–Kier alpha value is -0.370. The molecule has 0 saturated heterocycles. The molecule has 2 bridgehead atoms. The number of Topliss-reactive ketones (excluding diaryl/α,β-unsaturated/α-hetero) is 1. The van der Waals surface area contributed by atoms with Gasteiger partial charge in [-0.1, -0.05) is 34.6 Å². The number of hydrogen-bond acceptors (Lipinski definition) is 2. The van der Waals surface area contributed by atoms with Crippen LogP contribution in [0.5, 0.6) is 0 Å². The summed E-state index contributed by atoms with van der Waals surface area (Å²) in [5.74, 6) is 1.45. The van der Waals surface area contributed by atoms with Gasteiger partial charge < -0.3 is 4.90 Å². The van der Waals surface area contributed by atoms with Gasteiger partial charge in [0.25, 0.3) is 0 Å². The van der Waals surface area contributed by atoms with E-state index in [1.165, 1.54) is 6.42 Å². The molecule has 0 aromatic heterocycles. The first kappa shape index (κ1) is 13.1. The molecule has 2 aliphatic rings. The quantitative estimate of drug-likeness (QED) is 0.749. The fraction of sp³-hybridized carbons (Fsp3) is 0.933. The molecule has 0 heterocycles. The molecule has 2 aliphatic carbocycles. The van der Waals surface area contributed by atoms with E-state index in [1.54, 1.807) is 0 Å². The second kappa shape index (κ2) is 4.08. The van der Waals surface area contributed by atoms with Crippen molar-refractivity contribution in [2.45, 2.75) is 47.5 Å². The molecule has 2 saturated carbocycles. The van der Waals surface area contributed by atoms with Crippen LogP contribution in [0.15, 0.2) is 0 Å². The van der Waals surface area contributed by atoms with Gasteiger partial charge in [0.15, 0.2) is 0 Å². The lowest BCUT2D eigenvalue weighted by Crippen LogP contribution is -2.38. The maximum atomic E-state index is 12.6. The van der Waals surface area contributed by atoms with E-state index in [2.05, 4.69) is 39.5 Å². The van der Waals surface area contributed by atoms with Gasteiger partial charge in [0.1, 0.15) is 5.78 Å². The maximum absolute atomic E-state index is 12.6. The number of nitrogens with zero attached hydrogens (tertiary/aromatic N) is 1. The highest BCUT2D eigenvalue weighted by Gasteiger charge is 2.65. The Morgan fingerprint density at radius 3 is 2.24 bits per heavy atom. The van der Waals surface area contributed by atoms with E-state index >= 15 is 0 Å². The van der Waals surface area contributed by atoms with Crippen LogP contribution in [0.4, 0.5) is 0 Å². The third-order valence-corrected chi connectivity index (χ3v) is 6.02. The summed E-state index contributed by atoms with van der Waals surface area (Å²) in [5.41, 5.74) is 0.164. The summed E-state index contributed by atoms with van der Waals surface area (Å²) >= 11 is 0. The summed E-state index contributed by atoms with van der Waals surface area (Å²) in [5, 5.41) is 0. The van der Waals surface area contributed by atoms with Gasteiger partial charge in [-0.05, 0) is 37.3 Å². The van der Waals surface area contributed by atoms with Crippen LogP contribution in [0, 0.1) is 22.7 Å². The molecule has 0 aromatic carbocycles. The highest BCUT2D eigenvalue weighted by Crippen LogP contribution is 2.65. The summed E-state index contributed by atoms with van der Waals surface area (Å²) < 4.78 is 0. The van der Waals surface area contributed by atoms with E-state index in [-0.39, 0.29) is 10.8 Å². The average Bonchev–Trinajstić information content (AvgIpc) is 2.59. The van der Waals surface area contributed by atoms with Gasteiger partial charge >= 0.3 is 0 Å². The number of fused-ring (bicyclic) bond motifs is 2. The molecular formula is C15H27NO. The Balaban J connectivity index is 2.20. The molecule has 0 N–H and O–H groups in total. The van der Waals surface area contributed by atoms with Crippen molar-refractivity contribution in [3.63, 3.8) is 0 Å². The van der Waals surface area contributed by atoms with Crippen LogP contribution < -0.4 is 0 Å². The third-order valence-electron chi connectivity index (χ3n) is 6.02. The van der Waals surface area contributed by atoms with Crippen LogP contribution >= 0.6 is 0 Å². The van der Waals surface area contributed by atoms with E-state index < -0.39 is 0 Å². The smallest absolute Gasteiger partial charge is 0.143 e. The molecule has 0 radical (unpaired) electrons. The third kappa shape index (κ3) is 1.60. The average molecular weight is 237 g/mol. The molecule has 0 spiro atoms. The second-order valence-corrected chi connectivity index (χ2v) is 6.66. The number of ketones is 1. The Labute approximate surface area is 106 Å². The van der Waals surface area contributed by atoms with E-state index in [0.29, 0.717) is 17.6 Å². The molecule has 0 unspecified atom stereocenters. The molecule has 98 valence electrons. The molecular weight excluding hydrogens is 210 g/mol. The lowest BCUT2D eigenvalue weighted by atomic mass is 9.70. The molecule has 0 aromatic rings. The molecule has 17 heavy (non-hydrogen) atoms. The van der Waals surface area contributed by atoms with Crippen LogP contribution in [0.3, 0.4) is 0 Å². The van der Waals surface area contributed by atoms with Crippen LogP contribution in [-0.2, 0) is 4.79 Å². The lowest BCUT2D eigenvalue weighted by Gasteiger charge is -2.32. The minimum Gasteiger partial charge on any atom is -0.303 e. The molecule has 3 atom stereocenters. The normalized spacial score (nSPS) is 39.3. The maximum Gasteiger partial charge on any atom is 0.143 e. The van der Waals surface area contributed by atoms with Crippen molar-refractivity contribution in [2.75, 3.05) is 19.6 Å². The van der Waals surface area contributed by atoms with Gasteiger partial charge in [-0.3, -0.25) is 4.79 Å². The van der Waals surface area contributed by atoms with Gasteiger partial charge in [0, 0.05) is 17.9 Å². The van der Waals surface area contributed by atoms with Crippen molar-refractivity contribution >= 4 is 5.78 Å². The molecule has 2 rings (SSSR count). The topological polar surface area (TPSA) is 20.3 Å². The number of carbonyl (C=O) groups is 1. The fourth-order valence-electron chi connectivity index (χ4n) is 4.24. The van der Waals surface area contributed by atoms with Crippen molar-refractivity contribution in [3.05, 3.63) is 0 Å². The van der Waals surface area contributed by atoms with Crippen molar-refractivity contribution in [3.8, 4) is 0 Å². The zero-order chi connectivity index (χ0) is 12.8. The molecule has 2 heteroatoms. The predicted octanol–water partition coefficient (Wildman–Crippen LogP) is 2.97. The van der Waals surface area contributed by atoms with Crippen LogP contribution in [-0.4, -0.2) is 30.3 Å². The minimum absolute atomic E-state index is 0.0461. The van der Waals surface area contributed by atoms with Crippen molar-refractivity contribution < 1.29 is 4.79 Å². The summed E-state index contributed by atoms with van der Waals surface area (Å²) in [6.07, 6.45) is 2.36. The van der Waals surface area contributed by atoms with Gasteiger partial charge in [-0.2, -0.15) is 0 Å². The molecule has 0 amide bonds. The van der Waals surface area contributed by atoms with E-state index in [4.69, 9.17) is 0 Å². The predicted molar refractivity (Wildman–Crippen MR) is 70.9 cm³/mol. The Morgan fingerprint density at radius 1 is 1.24 bits per heavy atom. The zero-order valence-corrected chi connectivity index (χ0v) is 12.0. The van der Waals surface area contributed by atoms with Crippen molar-refractivity contribution in [1.29, 1.82) is 0 Å². The van der Waals surface area contributed by atoms with Crippen molar-refractivity contribution in [2.24, 2.45) is 22.7 Å². The summed E-state index contributed by atoms with van der Waals surface area (Å²) in [6, 6.07) is 0. The monoisotopic (exact) mass is 237 g/mol. The van der Waals surface area contributed by atoms with Gasteiger partial charge in [-0.25, -0.2) is 0 Å². The molecule has 0 aliphatic heterocycles. The first-order valence-corrected chi connectivity index (χ1v) is 7.15. The van der Waals surface area contributed by atoms with E-state index in [0.717, 1.165) is 26.1 Å². The SMILES string of the molecule is CCN(CC)C[C@H]1C(=O)[C@]2(C)CC[C@@H]1C2(C)C. The zero-order valence-electron chi connectivity index (χ0n) is 12.0. The Kier molecular flexibility index (Phi) is 3.14. The Morgan fingerprint density at radius 2 is 1.82 bits per heavy atom. The Bertz CT molecular complexity index is 319. The fourth-order valence-corrected chi connectivity index (χ4v) is 4.24. The highest BCUT2D eigenvalue weighted by molar-refractivity contribution is 5.91. The number of carbonyl (C=O) groups excluding carboxylic acids is 1. The second-order valence-electron chi connectivity index (χ2n) is 6.66. The minimum atomic E-state index is -0.0461. The largest absolute Gasteiger partial charge is 0.303 e. The van der Waals surface area contributed by atoms with Crippen LogP contribution in [0.25, 0.3) is 0 Å². The van der Waals surface area contributed by atoms with Crippen molar-refractivity contribution in [1.82, 2.24) is 4.90 Å². The van der Waals surface area contributed by atoms with Crippen LogP contribution in [0.2, 0.25) is 0 Å². The van der Waals surface area contributed by atoms with Gasteiger partial charge in [0.2, 0.25) is 0 Å². The lowest BCUT2D eigenvalue weighted by molar-refractivity contribution is -0.132. The first-order chi connectivity index (χ1) is 7.88.